The maximum absolute atomic E-state index is 11.1. The fraction of sp³-hybridized carbons (Fsp3) is 0. The van der Waals surface area contributed by atoms with Gasteiger partial charge in [-0.25, -0.2) is 24.2 Å². The van der Waals surface area contributed by atoms with Gasteiger partial charge in [-0.15, -0.1) is 0 Å². The van der Waals surface area contributed by atoms with E-state index in [1.807, 2.05) is 0 Å². The topological polar surface area (TPSA) is 178 Å². The molecule has 0 unspecified atom stereocenters. The van der Waals surface area contributed by atoms with E-state index in [0.717, 1.165) is 0 Å². The van der Waals surface area contributed by atoms with Gasteiger partial charge in [0.15, 0.2) is 0 Å². The number of aromatic amines is 1. The van der Waals surface area contributed by atoms with Crippen LogP contribution < -0.4 is 0 Å². The Morgan fingerprint density at radius 3 is 1.30 bits per heavy atom. The molecule has 10 heteroatoms. The first-order valence-electron chi connectivity index (χ1n) is 10.6. The summed E-state index contributed by atoms with van der Waals surface area (Å²) in [5, 5.41) is 38.2. The van der Waals surface area contributed by atoms with Gasteiger partial charge in [-0.1, -0.05) is 60.7 Å². The first-order valence-corrected chi connectivity index (χ1v) is 10.6. The maximum atomic E-state index is 11.1. The number of hydrogen-bond acceptors (Lipinski definition) is 5. The molecule has 0 spiro atoms. The van der Waals surface area contributed by atoms with Gasteiger partial charge in [-0.3, -0.25) is 0 Å². The zero-order valence-electron chi connectivity index (χ0n) is 19.0. The van der Waals surface area contributed by atoms with Crippen LogP contribution in [0, 0.1) is 0 Å². The number of imidazole rings is 1. The van der Waals surface area contributed by atoms with Crippen LogP contribution in [0.5, 0.6) is 0 Å². The normalized spacial score (nSPS) is 9.95. The number of hydrogen-bond donors (Lipinski definition) is 5. The van der Waals surface area contributed by atoms with Crippen LogP contribution >= 0.6 is 0 Å². The number of nitrogens with one attached hydrogen (secondary N) is 1. The number of aromatic carboxylic acids is 4. The molecule has 0 aliphatic rings. The number of carboxylic acids is 4. The molecule has 5 aromatic rings. The minimum absolute atomic E-state index is 0.161. The zero-order chi connectivity index (χ0) is 26.9. The van der Waals surface area contributed by atoms with E-state index in [9.17, 15) is 19.2 Å². The molecular weight excluding hydrogens is 480 g/mol. The van der Waals surface area contributed by atoms with Gasteiger partial charge in [0, 0.05) is 12.4 Å². The summed E-state index contributed by atoms with van der Waals surface area (Å²) in [6, 6.07) is 19.4. The van der Waals surface area contributed by atoms with Crippen molar-refractivity contribution in [3.05, 3.63) is 114 Å². The summed E-state index contributed by atoms with van der Waals surface area (Å²) in [7, 11) is 0. The summed E-state index contributed by atoms with van der Waals surface area (Å²) in [4.78, 5) is 50.4. The molecule has 186 valence electrons. The summed E-state index contributed by atoms with van der Waals surface area (Å²) in [6.07, 6.45) is 5.08. The molecule has 0 amide bonds. The standard InChI is InChI=1S/2C12H8O4.C3H4N2/c2*13-11(14)9-6-5-7-3-1-2-4-8(7)10(9)12(15)16;1-2-5-3-4-1/h2*1-6H,(H,13,14)(H,15,16);1-3H,(H,4,5). The van der Waals surface area contributed by atoms with Gasteiger partial charge >= 0.3 is 23.9 Å². The number of H-pyrrole nitrogens is 1. The maximum Gasteiger partial charge on any atom is 0.337 e. The Bertz CT molecular complexity index is 1470. The number of carbonyl (C=O) groups is 4. The molecule has 0 aliphatic carbocycles. The van der Waals surface area contributed by atoms with Gasteiger partial charge < -0.3 is 25.4 Å². The van der Waals surface area contributed by atoms with Crippen molar-refractivity contribution in [1.29, 1.82) is 0 Å². The van der Waals surface area contributed by atoms with Crippen molar-refractivity contribution in [2.24, 2.45) is 0 Å². The highest BCUT2D eigenvalue weighted by Gasteiger charge is 2.19. The monoisotopic (exact) mass is 500 g/mol. The van der Waals surface area contributed by atoms with Crippen LogP contribution in [0.25, 0.3) is 21.5 Å². The lowest BCUT2D eigenvalue weighted by molar-refractivity contribution is 0.0653. The van der Waals surface area contributed by atoms with E-state index in [1.54, 1.807) is 79.4 Å². The lowest BCUT2D eigenvalue weighted by Crippen LogP contribution is -2.08. The van der Waals surface area contributed by atoms with Gasteiger partial charge in [-0.2, -0.15) is 0 Å². The number of benzene rings is 4. The molecule has 5 N–H and O–H groups in total. The molecule has 0 saturated carbocycles. The summed E-state index contributed by atoms with van der Waals surface area (Å²) in [5.74, 6) is -4.92. The van der Waals surface area contributed by atoms with E-state index in [-0.39, 0.29) is 22.3 Å². The van der Waals surface area contributed by atoms with Crippen molar-refractivity contribution in [3.8, 4) is 0 Å². The summed E-state index contributed by atoms with van der Waals surface area (Å²) >= 11 is 0. The second kappa shape index (κ2) is 11.8. The van der Waals surface area contributed by atoms with Crippen molar-refractivity contribution in [3.63, 3.8) is 0 Å². The molecule has 0 saturated heterocycles. The Kier molecular flexibility index (Phi) is 8.29. The number of carboxylic acid groups (broad SMARTS) is 4. The third kappa shape index (κ3) is 6.14. The molecule has 5 rings (SSSR count). The second-order valence-corrected chi connectivity index (χ2v) is 7.40. The van der Waals surface area contributed by atoms with Gasteiger partial charge in [0.2, 0.25) is 0 Å². The van der Waals surface area contributed by atoms with Crippen LogP contribution in [0.4, 0.5) is 0 Å². The summed E-state index contributed by atoms with van der Waals surface area (Å²) < 4.78 is 0. The fourth-order valence-electron chi connectivity index (χ4n) is 3.58. The smallest absolute Gasteiger partial charge is 0.337 e. The van der Waals surface area contributed by atoms with Crippen LogP contribution in [0.2, 0.25) is 0 Å². The lowest BCUT2D eigenvalue weighted by atomic mass is 9.99. The van der Waals surface area contributed by atoms with Crippen molar-refractivity contribution >= 4 is 45.4 Å². The number of rotatable bonds is 4. The number of fused-ring (bicyclic) bond motifs is 2. The molecule has 0 atom stereocenters. The van der Waals surface area contributed by atoms with Crippen molar-refractivity contribution in [2.75, 3.05) is 0 Å². The summed E-state index contributed by atoms with van der Waals surface area (Å²) in [6.45, 7) is 0. The van der Waals surface area contributed by atoms with Gasteiger partial charge in [0.1, 0.15) is 0 Å². The Labute approximate surface area is 209 Å². The third-order valence-corrected chi connectivity index (χ3v) is 5.15. The molecule has 0 fully saturated rings. The average Bonchev–Trinajstić information content (AvgIpc) is 3.47. The van der Waals surface area contributed by atoms with E-state index >= 15 is 0 Å². The van der Waals surface area contributed by atoms with Crippen LogP contribution in [0.3, 0.4) is 0 Å². The van der Waals surface area contributed by atoms with E-state index < -0.39 is 23.9 Å². The molecule has 0 radical (unpaired) electrons. The minimum atomic E-state index is -1.23. The minimum Gasteiger partial charge on any atom is -0.478 e. The third-order valence-electron chi connectivity index (χ3n) is 5.15. The zero-order valence-corrected chi connectivity index (χ0v) is 19.0. The first-order chi connectivity index (χ1) is 17.7. The van der Waals surface area contributed by atoms with Gasteiger partial charge in [0.05, 0.1) is 28.6 Å². The van der Waals surface area contributed by atoms with Crippen LogP contribution in [-0.4, -0.2) is 54.3 Å². The first kappa shape index (κ1) is 26.1. The van der Waals surface area contributed by atoms with Crippen LogP contribution in [-0.2, 0) is 0 Å². The Balaban J connectivity index is 0.000000173. The fourth-order valence-corrected chi connectivity index (χ4v) is 3.58. The quantitative estimate of drug-likeness (QED) is 0.230. The average molecular weight is 500 g/mol. The Morgan fingerprint density at radius 1 is 0.568 bits per heavy atom. The molecule has 0 bridgehead atoms. The van der Waals surface area contributed by atoms with Crippen molar-refractivity contribution in [2.45, 2.75) is 0 Å². The largest absolute Gasteiger partial charge is 0.478 e. The molecule has 10 nitrogen and oxygen atoms in total. The molecule has 0 aliphatic heterocycles. The van der Waals surface area contributed by atoms with E-state index in [4.69, 9.17) is 20.4 Å². The van der Waals surface area contributed by atoms with Crippen molar-refractivity contribution in [1.82, 2.24) is 9.97 Å². The van der Waals surface area contributed by atoms with E-state index in [0.29, 0.717) is 21.5 Å². The Hall–Kier alpha value is -5.51. The molecule has 37 heavy (non-hydrogen) atoms. The lowest BCUT2D eigenvalue weighted by Gasteiger charge is -2.05. The Morgan fingerprint density at radius 2 is 1.00 bits per heavy atom. The second-order valence-electron chi connectivity index (χ2n) is 7.40. The van der Waals surface area contributed by atoms with Crippen LogP contribution in [0.1, 0.15) is 41.4 Å². The van der Waals surface area contributed by atoms with Gasteiger partial charge in [0.25, 0.3) is 0 Å². The highest BCUT2D eigenvalue weighted by molar-refractivity contribution is 6.12. The van der Waals surface area contributed by atoms with Crippen LogP contribution in [0.15, 0.2) is 91.5 Å². The van der Waals surface area contributed by atoms with E-state index in [2.05, 4.69) is 9.97 Å². The summed E-state index contributed by atoms with van der Waals surface area (Å²) in [5.41, 5.74) is -0.700. The van der Waals surface area contributed by atoms with E-state index in [1.165, 1.54) is 12.1 Å². The molecule has 4 aromatic carbocycles. The highest BCUT2D eigenvalue weighted by Crippen LogP contribution is 2.23. The SMILES string of the molecule is O=C(O)c1ccc2ccccc2c1C(=O)O.O=C(O)c1ccc2ccccc2c1C(=O)O.c1c[nH]cn1. The molecular formula is C27H20N2O8. The highest BCUT2D eigenvalue weighted by atomic mass is 16.4. The van der Waals surface area contributed by atoms with Gasteiger partial charge in [-0.05, 0) is 33.7 Å². The predicted molar refractivity (Wildman–Crippen MR) is 134 cm³/mol. The van der Waals surface area contributed by atoms with Crippen molar-refractivity contribution < 1.29 is 39.6 Å². The number of aromatic nitrogens is 2. The molecule has 1 aromatic heterocycles. The molecule has 1 heterocycles. The predicted octanol–water partition coefficient (Wildman–Crippen LogP) is 4.88. The number of nitrogens with zero attached hydrogens (tertiary/aromatic N) is 1.